The highest BCUT2D eigenvalue weighted by molar-refractivity contribution is 5.30. The van der Waals surface area contributed by atoms with Gasteiger partial charge in [0.1, 0.15) is 6.33 Å². The van der Waals surface area contributed by atoms with E-state index >= 15 is 0 Å². The predicted molar refractivity (Wildman–Crippen MR) is 71.2 cm³/mol. The SMILES string of the molecule is CCNC(c1cncnc1)c1ncccc1CC. The van der Waals surface area contributed by atoms with Crippen LogP contribution in [0.1, 0.15) is 36.7 Å². The second-order valence-corrected chi connectivity index (χ2v) is 4.06. The second kappa shape index (κ2) is 6.21. The topological polar surface area (TPSA) is 50.7 Å². The van der Waals surface area contributed by atoms with Crippen molar-refractivity contribution in [1.29, 1.82) is 0 Å². The van der Waals surface area contributed by atoms with Crippen molar-refractivity contribution < 1.29 is 0 Å². The number of hydrogen-bond acceptors (Lipinski definition) is 4. The summed E-state index contributed by atoms with van der Waals surface area (Å²) in [6, 6.07) is 4.16. The number of aromatic nitrogens is 3. The van der Waals surface area contributed by atoms with Gasteiger partial charge in [-0.3, -0.25) is 4.98 Å². The maximum Gasteiger partial charge on any atom is 0.115 e. The highest BCUT2D eigenvalue weighted by Gasteiger charge is 2.17. The summed E-state index contributed by atoms with van der Waals surface area (Å²) in [5, 5.41) is 3.45. The Bertz CT molecular complexity index is 484. The predicted octanol–water partition coefficient (Wildman–Crippen LogP) is 2.13. The maximum absolute atomic E-state index is 4.53. The molecule has 94 valence electrons. The lowest BCUT2D eigenvalue weighted by Crippen LogP contribution is -2.24. The van der Waals surface area contributed by atoms with Gasteiger partial charge in [-0.1, -0.05) is 19.9 Å². The van der Waals surface area contributed by atoms with E-state index in [1.54, 1.807) is 6.33 Å². The number of aryl methyl sites for hydroxylation is 1. The molecule has 0 amide bonds. The highest BCUT2D eigenvalue weighted by Crippen LogP contribution is 2.22. The number of pyridine rings is 1. The van der Waals surface area contributed by atoms with E-state index in [1.807, 2.05) is 24.7 Å². The van der Waals surface area contributed by atoms with Crippen LogP contribution in [0.15, 0.2) is 37.1 Å². The van der Waals surface area contributed by atoms with Crippen LogP contribution in [0.25, 0.3) is 0 Å². The fraction of sp³-hybridized carbons (Fsp3) is 0.357. The minimum absolute atomic E-state index is 0.0624. The van der Waals surface area contributed by atoms with Crippen molar-refractivity contribution in [3.05, 3.63) is 53.9 Å². The molecule has 2 rings (SSSR count). The summed E-state index contributed by atoms with van der Waals surface area (Å²) in [6.45, 7) is 5.11. The molecule has 0 radical (unpaired) electrons. The van der Waals surface area contributed by atoms with Gasteiger partial charge >= 0.3 is 0 Å². The van der Waals surface area contributed by atoms with Gasteiger partial charge in [0.2, 0.25) is 0 Å². The van der Waals surface area contributed by atoms with Crippen LogP contribution in [-0.4, -0.2) is 21.5 Å². The lowest BCUT2D eigenvalue weighted by molar-refractivity contribution is 0.605. The van der Waals surface area contributed by atoms with Crippen LogP contribution in [0, 0.1) is 0 Å². The molecule has 2 aromatic heterocycles. The molecule has 18 heavy (non-hydrogen) atoms. The van der Waals surface area contributed by atoms with Gasteiger partial charge < -0.3 is 5.32 Å². The van der Waals surface area contributed by atoms with Crippen LogP contribution in [0.4, 0.5) is 0 Å². The van der Waals surface area contributed by atoms with E-state index in [2.05, 4.69) is 40.2 Å². The Hall–Kier alpha value is -1.81. The molecule has 0 aliphatic carbocycles. The minimum atomic E-state index is 0.0624. The summed E-state index contributed by atoms with van der Waals surface area (Å²) >= 11 is 0. The highest BCUT2D eigenvalue weighted by atomic mass is 14.9. The third kappa shape index (κ3) is 2.71. The van der Waals surface area contributed by atoms with Gasteiger partial charge in [-0.05, 0) is 24.6 Å². The van der Waals surface area contributed by atoms with E-state index in [-0.39, 0.29) is 6.04 Å². The van der Waals surface area contributed by atoms with Crippen molar-refractivity contribution in [1.82, 2.24) is 20.3 Å². The third-order valence-electron chi connectivity index (χ3n) is 2.90. The molecule has 1 unspecified atom stereocenters. The summed E-state index contributed by atoms with van der Waals surface area (Å²) in [5.41, 5.74) is 3.37. The summed E-state index contributed by atoms with van der Waals surface area (Å²) in [5.74, 6) is 0. The Morgan fingerprint density at radius 1 is 1.22 bits per heavy atom. The first kappa shape index (κ1) is 12.6. The van der Waals surface area contributed by atoms with Gasteiger partial charge in [0.25, 0.3) is 0 Å². The molecule has 0 aromatic carbocycles. The Balaban J connectivity index is 2.41. The van der Waals surface area contributed by atoms with Crippen molar-refractivity contribution in [3.8, 4) is 0 Å². The first-order valence-electron chi connectivity index (χ1n) is 6.28. The van der Waals surface area contributed by atoms with Gasteiger partial charge in [0, 0.05) is 24.2 Å². The molecule has 2 aromatic rings. The van der Waals surface area contributed by atoms with Crippen LogP contribution >= 0.6 is 0 Å². The van der Waals surface area contributed by atoms with Gasteiger partial charge in [0.05, 0.1) is 11.7 Å². The molecule has 0 saturated carbocycles. The van der Waals surface area contributed by atoms with Crippen molar-refractivity contribution in [2.24, 2.45) is 0 Å². The Morgan fingerprint density at radius 3 is 2.67 bits per heavy atom. The Kier molecular flexibility index (Phi) is 4.36. The quantitative estimate of drug-likeness (QED) is 0.872. The fourth-order valence-electron chi connectivity index (χ4n) is 2.05. The van der Waals surface area contributed by atoms with Crippen LogP contribution in [0.5, 0.6) is 0 Å². The van der Waals surface area contributed by atoms with E-state index in [0.29, 0.717) is 0 Å². The van der Waals surface area contributed by atoms with E-state index in [1.165, 1.54) is 5.56 Å². The van der Waals surface area contributed by atoms with Crippen molar-refractivity contribution in [2.75, 3.05) is 6.54 Å². The molecular formula is C14H18N4. The molecule has 1 N–H and O–H groups in total. The van der Waals surface area contributed by atoms with Crippen LogP contribution in [0.3, 0.4) is 0 Å². The van der Waals surface area contributed by atoms with Crippen LogP contribution in [0.2, 0.25) is 0 Å². The van der Waals surface area contributed by atoms with Crippen molar-refractivity contribution >= 4 is 0 Å². The Labute approximate surface area is 108 Å². The molecular weight excluding hydrogens is 224 g/mol. The monoisotopic (exact) mass is 242 g/mol. The smallest absolute Gasteiger partial charge is 0.115 e. The van der Waals surface area contributed by atoms with Gasteiger partial charge in [-0.25, -0.2) is 9.97 Å². The van der Waals surface area contributed by atoms with Gasteiger partial charge in [-0.2, -0.15) is 0 Å². The van der Waals surface area contributed by atoms with Crippen LogP contribution in [-0.2, 0) is 6.42 Å². The summed E-state index contributed by atoms with van der Waals surface area (Å²) in [4.78, 5) is 12.7. The normalized spacial score (nSPS) is 12.3. The first-order chi connectivity index (χ1) is 8.86. The van der Waals surface area contributed by atoms with Crippen molar-refractivity contribution in [3.63, 3.8) is 0 Å². The maximum atomic E-state index is 4.53. The zero-order valence-corrected chi connectivity index (χ0v) is 10.8. The zero-order valence-electron chi connectivity index (χ0n) is 10.8. The molecule has 0 spiro atoms. The average molecular weight is 242 g/mol. The third-order valence-corrected chi connectivity index (χ3v) is 2.90. The summed E-state index contributed by atoms with van der Waals surface area (Å²) in [6.07, 6.45) is 8.04. The number of nitrogens with zero attached hydrogens (tertiary/aromatic N) is 3. The standard InChI is InChI=1S/C14H18N4/c1-3-11-6-5-7-18-13(11)14(17-4-2)12-8-15-10-16-9-12/h5-10,14,17H,3-4H2,1-2H3. The zero-order chi connectivity index (χ0) is 12.8. The largest absolute Gasteiger partial charge is 0.305 e. The summed E-state index contributed by atoms with van der Waals surface area (Å²) < 4.78 is 0. The molecule has 2 heterocycles. The molecule has 0 aliphatic rings. The summed E-state index contributed by atoms with van der Waals surface area (Å²) in [7, 11) is 0. The minimum Gasteiger partial charge on any atom is -0.305 e. The van der Waals surface area contributed by atoms with E-state index in [0.717, 1.165) is 24.2 Å². The second-order valence-electron chi connectivity index (χ2n) is 4.06. The van der Waals surface area contributed by atoms with Gasteiger partial charge in [-0.15, -0.1) is 0 Å². The van der Waals surface area contributed by atoms with Crippen LogP contribution < -0.4 is 5.32 Å². The molecule has 1 atom stereocenters. The van der Waals surface area contributed by atoms with E-state index in [9.17, 15) is 0 Å². The molecule has 0 aliphatic heterocycles. The molecule has 0 bridgehead atoms. The molecule has 0 saturated heterocycles. The molecule has 4 heteroatoms. The van der Waals surface area contributed by atoms with E-state index in [4.69, 9.17) is 0 Å². The molecule has 0 fully saturated rings. The number of rotatable bonds is 5. The lowest BCUT2D eigenvalue weighted by Gasteiger charge is -2.19. The first-order valence-corrected chi connectivity index (χ1v) is 6.28. The fourth-order valence-corrected chi connectivity index (χ4v) is 2.05. The van der Waals surface area contributed by atoms with Crippen molar-refractivity contribution in [2.45, 2.75) is 26.3 Å². The Morgan fingerprint density at radius 2 is 2.00 bits per heavy atom. The lowest BCUT2D eigenvalue weighted by atomic mass is 10.0. The number of hydrogen-bond donors (Lipinski definition) is 1. The number of nitrogens with one attached hydrogen (secondary N) is 1. The molecule has 4 nitrogen and oxygen atoms in total. The van der Waals surface area contributed by atoms with E-state index < -0.39 is 0 Å². The van der Waals surface area contributed by atoms with Gasteiger partial charge in [0.15, 0.2) is 0 Å². The average Bonchev–Trinajstić information content (AvgIpc) is 2.46.